The first kappa shape index (κ1) is 44.2. The van der Waals surface area contributed by atoms with Crippen LogP contribution in [0.4, 0.5) is 32.2 Å². The third-order valence-corrected chi connectivity index (χ3v) is 13.0. The van der Waals surface area contributed by atoms with Gasteiger partial charge in [0.1, 0.15) is 47.2 Å². The van der Waals surface area contributed by atoms with Gasteiger partial charge in [-0.05, 0) is 65.9 Å². The molecular weight excluding hydrogens is 918 g/mol. The highest BCUT2D eigenvalue weighted by molar-refractivity contribution is 7.92. The number of rotatable bonds is 13. The molecule has 23 heteroatoms. The summed E-state index contributed by atoms with van der Waals surface area (Å²) in [5.74, 6) is -8.77. The minimum atomic E-state index is -4.12. The van der Waals surface area contributed by atoms with Crippen LogP contribution < -0.4 is 19.9 Å². The predicted octanol–water partition coefficient (Wildman–Crippen LogP) is 6.89. The van der Waals surface area contributed by atoms with Crippen LogP contribution in [0.25, 0.3) is 27.6 Å². The summed E-state index contributed by atoms with van der Waals surface area (Å²) in [5.41, 5.74) is -2.77. The predicted molar refractivity (Wildman–Crippen MR) is 226 cm³/mol. The van der Waals surface area contributed by atoms with Crippen LogP contribution in [0.2, 0.25) is 5.02 Å². The third kappa shape index (κ3) is 7.64. The molecule has 1 fully saturated rings. The number of nitrogens with one attached hydrogen (secondary N) is 1. The number of alkyl halides is 4. The van der Waals surface area contributed by atoms with E-state index in [1.807, 2.05) is 6.07 Å². The standard InChI is InChI=1S/C43H33ClF6N10O5S/c1-57-36-31(9-8-29(44)34(36)41(56-57)59(66(3,63)64)18-20-4-6-25(65-2)7-5-20)60-40(54-39-27(42(60)62)12-22(16-51)17-52-39)30(13-21-10-23(45)14-24(46)11-21)53-32(61)19-58-37-33(35(55-58)38(47)48)26-15-28(26)43(37,49)50/h4-12,14,17,26,28,30,38H,13,15,18-19H2,1-3H3,(H,53,61)/t26-,28+,30-/m0/s1. The summed E-state index contributed by atoms with van der Waals surface area (Å²) < 4.78 is 125. The summed E-state index contributed by atoms with van der Waals surface area (Å²) in [6, 6.07) is 13.3. The number of nitrogens with zero attached hydrogens (tertiary/aromatic N) is 9. The Morgan fingerprint density at radius 1 is 1.08 bits per heavy atom. The van der Waals surface area contributed by atoms with Crippen LogP contribution in [-0.2, 0) is 47.3 Å². The van der Waals surface area contributed by atoms with Gasteiger partial charge in [0.2, 0.25) is 15.9 Å². The van der Waals surface area contributed by atoms with Crippen molar-refractivity contribution in [2.75, 3.05) is 17.7 Å². The van der Waals surface area contributed by atoms with Crippen LogP contribution in [0.5, 0.6) is 5.75 Å². The maximum atomic E-state index is 15.5. The Bertz CT molecular complexity index is 3350. The van der Waals surface area contributed by atoms with Crippen molar-refractivity contribution >= 4 is 55.3 Å². The SMILES string of the molecule is COc1ccc(CN(c2nn(C)c3c(-n4c([C@H](Cc5cc(F)cc(F)c5)NC(=O)Cn5nc(C(F)F)c6c5C(F)(F)[C@@H]5C[C@H]65)nc5ncc(C#N)cc5c4=O)ccc(Cl)c23)S(C)(=O)=O)cc1. The number of nitriles is 1. The minimum absolute atomic E-state index is 0.0125. The summed E-state index contributed by atoms with van der Waals surface area (Å²) in [6.45, 7) is -1.25. The summed E-state index contributed by atoms with van der Waals surface area (Å²) in [5, 5.41) is 20.4. The Labute approximate surface area is 374 Å². The number of fused-ring (bicyclic) bond motifs is 5. The zero-order chi connectivity index (χ0) is 47.1. The van der Waals surface area contributed by atoms with Gasteiger partial charge in [0.15, 0.2) is 11.5 Å². The molecule has 0 radical (unpaired) electrons. The van der Waals surface area contributed by atoms with Gasteiger partial charge in [-0.25, -0.2) is 40.3 Å². The molecule has 66 heavy (non-hydrogen) atoms. The van der Waals surface area contributed by atoms with Crippen molar-refractivity contribution < 1.29 is 44.3 Å². The second kappa shape index (κ2) is 16.2. The molecule has 0 bridgehead atoms. The molecular formula is C43H33ClF6N10O5S. The molecule has 15 nitrogen and oxygen atoms in total. The molecule has 7 aromatic rings. The Morgan fingerprint density at radius 3 is 2.44 bits per heavy atom. The molecule has 3 atom stereocenters. The van der Waals surface area contributed by atoms with Crippen LogP contribution >= 0.6 is 11.6 Å². The quantitative estimate of drug-likeness (QED) is 0.120. The van der Waals surface area contributed by atoms with Crippen molar-refractivity contribution in [3.8, 4) is 17.5 Å². The largest absolute Gasteiger partial charge is 0.497 e. The zero-order valence-electron chi connectivity index (χ0n) is 34.6. The highest BCUT2D eigenvalue weighted by atomic mass is 35.5. The maximum absolute atomic E-state index is 15.5. The fourth-order valence-electron chi connectivity index (χ4n) is 8.68. The molecule has 2 aliphatic carbocycles. The molecule has 0 spiro atoms. The summed E-state index contributed by atoms with van der Waals surface area (Å²) in [7, 11) is -1.21. The number of hydrogen-bond acceptors (Lipinski definition) is 10. The van der Waals surface area contributed by atoms with Crippen molar-refractivity contribution in [2.24, 2.45) is 13.0 Å². The van der Waals surface area contributed by atoms with Crippen molar-refractivity contribution in [1.29, 1.82) is 5.26 Å². The summed E-state index contributed by atoms with van der Waals surface area (Å²) in [6.07, 6.45) is -1.69. The molecule has 0 unspecified atom stereocenters. The number of amides is 1. The first-order valence-corrected chi connectivity index (χ1v) is 22.1. The Hall–Kier alpha value is -6.99. The van der Waals surface area contributed by atoms with Gasteiger partial charge >= 0.3 is 0 Å². The van der Waals surface area contributed by atoms with E-state index >= 15 is 8.78 Å². The number of aromatic nitrogens is 7. The molecule has 4 aromatic heterocycles. The lowest BCUT2D eigenvalue weighted by Crippen LogP contribution is -2.38. The van der Waals surface area contributed by atoms with E-state index < -0.39 is 87.7 Å². The minimum Gasteiger partial charge on any atom is -0.497 e. The number of ether oxygens (including phenoxy) is 1. The van der Waals surface area contributed by atoms with Crippen LogP contribution in [0.15, 0.2) is 71.7 Å². The molecule has 1 saturated carbocycles. The number of pyridine rings is 1. The molecule has 1 amide bonds. The number of halogens is 7. The highest BCUT2D eigenvalue weighted by Crippen LogP contribution is 2.68. The van der Waals surface area contributed by atoms with Gasteiger partial charge in [-0.15, -0.1) is 0 Å². The van der Waals surface area contributed by atoms with Crippen LogP contribution in [0.1, 0.15) is 64.3 Å². The molecule has 3 aromatic carbocycles. The lowest BCUT2D eigenvalue weighted by atomic mass is 10.0. The average Bonchev–Trinajstić information content (AvgIpc) is 3.79. The zero-order valence-corrected chi connectivity index (χ0v) is 36.2. The topological polar surface area (TPSA) is 183 Å². The van der Waals surface area contributed by atoms with Gasteiger partial charge in [0, 0.05) is 37.2 Å². The fraction of sp³-hybridized carbons (Fsp3) is 0.279. The number of carbonyl (C=O) groups excluding carboxylic acids is 1. The second-order valence-corrected chi connectivity index (χ2v) is 18.3. The number of anilines is 1. The van der Waals surface area contributed by atoms with Gasteiger partial charge in [-0.1, -0.05) is 23.7 Å². The van der Waals surface area contributed by atoms with E-state index in [-0.39, 0.29) is 73.9 Å². The molecule has 340 valence electrons. The van der Waals surface area contributed by atoms with Crippen molar-refractivity contribution in [3.05, 3.63) is 133 Å². The first-order valence-electron chi connectivity index (χ1n) is 19.9. The summed E-state index contributed by atoms with van der Waals surface area (Å²) in [4.78, 5) is 38.0. The van der Waals surface area contributed by atoms with E-state index in [1.54, 1.807) is 24.3 Å². The van der Waals surface area contributed by atoms with Gasteiger partial charge in [0.05, 0.1) is 58.5 Å². The number of sulfonamides is 1. The monoisotopic (exact) mass is 950 g/mol. The van der Waals surface area contributed by atoms with Gasteiger partial charge in [-0.3, -0.25) is 23.5 Å². The summed E-state index contributed by atoms with van der Waals surface area (Å²) >= 11 is 6.85. The molecule has 0 saturated heterocycles. The second-order valence-electron chi connectivity index (χ2n) is 16.0. The fourth-order valence-corrected chi connectivity index (χ4v) is 9.74. The van der Waals surface area contributed by atoms with Gasteiger partial charge in [0.25, 0.3) is 17.9 Å². The number of methoxy groups -OCH3 is 1. The normalized spacial score (nSPS) is 16.6. The van der Waals surface area contributed by atoms with Gasteiger partial charge in [-0.2, -0.15) is 24.2 Å². The number of hydrogen-bond donors (Lipinski definition) is 1. The molecule has 4 heterocycles. The lowest BCUT2D eigenvalue weighted by Gasteiger charge is -2.24. The molecule has 2 aliphatic rings. The van der Waals surface area contributed by atoms with E-state index in [9.17, 15) is 40.8 Å². The number of benzene rings is 3. The molecule has 0 aliphatic heterocycles. The Balaban J connectivity index is 1.23. The van der Waals surface area contributed by atoms with Crippen LogP contribution in [0, 0.1) is 28.9 Å². The van der Waals surface area contributed by atoms with E-state index in [0.29, 0.717) is 22.1 Å². The Kier molecular flexibility index (Phi) is 10.8. The van der Waals surface area contributed by atoms with E-state index in [4.69, 9.17) is 16.3 Å². The smallest absolute Gasteiger partial charge is 0.293 e. The lowest BCUT2D eigenvalue weighted by molar-refractivity contribution is -0.123. The van der Waals surface area contributed by atoms with Crippen LogP contribution in [0.3, 0.4) is 0 Å². The molecule has 9 rings (SSSR count). The van der Waals surface area contributed by atoms with Crippen molar-refractivity contribution in [1.82, 2.24) is 39.4 Å². The van der Waals surface area contributed by atoms with E-state index in [1.165, 1.54) is 37.0 Å². The molecule has 1 N–H and O–H groups in total. The Morgan fingerprint density at radius 2 is 1.79 bits per heavy atom. The third-order valence-electron chi connectivity index (χ3n) is 11.6. The number of carbonyl (C=O) groups is 1. The van der Waals surface area contributed by atoms with E-state index in [2.05, 4.69) is 25.5 Å². The average molecular weight is 951 g/mol. The first-order chi connectivity index (χ1) is 31.3. The van der Waals surface area contributed by atoms with Crippen molar-refractivity contribution in [2.45, 2.75) is 50.2 Å². The number of aryl methyl sites for hydroxylation is 1. The van der Waals surface area contributed by atoms with Crippen molar-refractivity contribution in [3.63, 3.8) is 0 Å². The van der Waals surface area contributed by atoms with Gasteiger partial charge < -0.3 is 10.1 Å². The van der Waals surface area contributed by atoms with Crippen LogP contribution in [-0.4, -0.2) is 61.8 Å². The maximum Gasteiger partial charge on any atom is 0.293 e. The highest BCUT2D eigenvalue weighted by Gasteiger charge is 2.67. The van der Waals surface area contributed by atoms with E-state index in [0.717, 1.165) is 33.5 Å².